The molecule has 0 bridgehead atoms. The third-order valence-electron chi connectivity index (χ3n) is 4.75. The number of fused-ring (bicyclic) bond motifs is 1. The summed E-state index contributed by atoms with van der Waals surface area (Å²) in [6.45, 7) is 0.959. The largest absolute Gasteiger partial charge is 0.391 e. The fraction of sp³-hybridized carbons (Fsp3) is 0.200. The molecule has 2 aromatic carbocycles. The van der Waals surface area contributed by atoms with Crippen LogP contribution in [0.1, 0.15) is 22.5 Å². The Morgan fingerprint density at radius 2 is 2.04 bits per heavy atom. The number of aromatic amines is 1. The number of aromatic nitrogens is 2. The van der Waals surface area contributed by atoms with Gasteiger partial charge in [-0.05, 0) is 36.8 Å². The van der Waals surface area contributed by atoms with Gasteiger partial charge >= 0.3 is 0 Å². The number of aliphatic hydroxyl groups is 1. The van der Waals surface area contributed by atoms with E-state index in [-0.39, 0.29) is 5.91 Å². The number of nitrogens with one attached hydrogen (secondary N) is 1. The molecule has 1 aliphatic heterocycles. The number of para-hydroxylation sites is 1. The summed E-state index contributed by atoms with van der Waals surface area (Å²) in [6, 6.07) is 14.7. The van der Waals surface area contributed by atoms with Crippen molar-refractivity contribution in [2.75, 3.05) is 13.1 Å². The highest BCUT2D eigenvalue weighted by atomic mass is 16.3. The molecule has 0 aliphatic carbocycles. The summed E-state index contributed by atoms with van der Waals surface area (Å²) in [6.07, 6.45) is 1.74. The van der Waals surface area contributed by atoms with Crippen LogP contribution in [0.2, 0.25) is 0 Å². The highest BCUT2D eigenvalue weighted by Crippen LogP contribution is 2.18. The first-order valence-electron chi connectivity index (χ1n) is 8.98. The summed E-state index contributed by atoms with van der Waals surface area (Å²) in [4.78, 5) is 18.5. The molecule has 8 heteroatoms. The van der Waals surface area contributed by atoms with Crippen molar-refractivity contribution in [3.63, 3.8) is 0 Å². The minimum absolute atomic E-state index is 0.0840. The van der Waals surface area contributed by atoms with Crippen LogP contribution in [0.3, 0.4) is 0 Å². The van der Waals surface area contributed by atoms with Gasteiger partial charge in [0.1, 0.15) is 11.4 Å². The molecule has 142 valence electrons. The second kappa shape index (κ2) is 7.61. The van der Waals surface area contributed by atoms with E-state index in [4.69, 9.17) is 5.84 Å². The van der Waals surface area contributed by atoms with Crippen molar-refractivity contribution in [2.24, 2.45) is 15.9 Å². The number of aliphatic hydroxyl groups excluding tert-OH is 1. The lowest BCUT2D eigenvalue weighted by Crippen LogP contribution is -2.29. The molecule has 8 nitrogen and oxygen atoms in total. The topological polar surface area (TPSA) is 120 Å². The summed E-state index contributed by atoms with van der Waals surface area (Å²) in [5.74, 6) is 5.45. The zero-order valence-electron chi connectivity index (χ0n) is 15.1. The zero-order valence-corrected chi connectivity index (χ0v) is 15.1. The number of hydrogen-bond donors (Lipinski definition) is 3. The van der Waals surface area contributed by atoms with Crippen LogP contribution in [-0.2, 0) is 0 Å². The number of nitrogens with two attached hydrogens (primary N) is 1. The van der Waals surface area contributed by atoms with Gasteiger partial charge in [0.25, 0.3) is 5.91 Å². The Hall–Kier alpha value is -3.52. The normalized spacial score (nSPS) is 17.7. The number of likely N-dealkylation sites (tertiary alicyclic amines) is 1. The lowest BCUT2D eigenvalue weighted by atomic mass is 10.1. The number of benzene rings is 2. The molecular weight excluding hydrogens is 356 g/mol. The number of carbonyl (C=O) groups excluding carboxylic acids is 1. The van der Waals surface area contributed by atoms with Crippen molar-refractivity contribution >= 4 is 34.4 Å². The number of rotatable bonds is 4. The Labute approximate surface area is 161 Å². The monoisotopic (exact) mass is 376 g/mol. The second-order valence-corrected chi connectivity index (χ2v) is 6.63. The number of β-amino-alcohol motifs (C(OH)–C–C–N with tert-alkyl or cyclic N) is 1. The van der Waals surface area contributed by atoms with Crippen LogP contribution >= 0.6 is 0 Å². The summed E-state index contributed by atoms with van der Waals surface area (Å²) in [5.41, 5.74) is 3.20. The van der Waals surface area contributed by atoms with E-state index < -0.39 is 6.10 Å². The maximum Gasteiger partial charge on any atom is 0.253 e. The molecule has 4 N–H and O–H groups in total. The molecule has 1 unspecified atom stereocenters. The van der Waals surface area contributed by atoms with Crippen molar-refractivity contribution in [1.29, 1.82) is 0 Å². The second-order valence-electron chi connectivity index (χ2n) is 6.63. The van der Waals surface area contributed by atoms with Crippen LogP contribution in [0.4, 0.5) is 5.69 Å². The summed E-state index contributed by atoms with van der Waals surface area (Å²) >= 11 is 0. The predicted octanol–water partition coefficient (Wildman–Crippen LogP) is 1.83. The van der Waals surface area contributed by atoms with Gasteiger partial charge in [-0.15, -0.1) is 0 Å². The van der Waals surface area contributed by atoms with Crippen molar-refractivity contribution in [1.82, 2.24) is 15.1 Å². The maximum atomic E-state index is 12.4. The van der Waals surface area contributed by atoms with Gasteiger partial charge in [0.15, 0.2) is 0 Å². The predicted molar refractivity (Wildman–Crippen MR) is 108 cm³/mol. The Kier molecular flexibility index (Phi) is 4.86. The highest BCUT2D eigenvalue weighted by molar-refractivity contribution is 6.40. The van der Waals surface area contributed by atoms with Gasteiger partial charge in [-0.25, -0.2) is 0 Å². The molecule has 1 saturated heterocycles. The number of aliphatic imine (C=N–C) groups is 1. The number of carbonyl (C=O) groups is 1. The minimum atomic E-state index is -0.431. The Balaban J connectivity index is 1.50. The third kappa shape index (κ3) is 3.49. The molecule has 1 atom stereocenters. The molecule has 4 rings (SSSR count). The molecule has 1 aliphatic rings. The first-order valence-corrected chi connectivity index (χ1v) is 8.98. The van der Waals surface area contributed by atoms with E-state index in [1.807, 2.05) is 24.3 Å². The molecule has 0 spiro atoms. The van der Waals surface area contributed by atoms with Crippen LogP contribution in [0.15, 0.2) is 58.6 Å². The Bertz CT molecular complexity index is 1050. The van der Waals surface area contributed by atoms with Gasteiger partial charge in [0, 0.05) is 24.0 Å². The number of amides is 1. The SMILES string of the molecule is NN=C(C=Nc1ccc(C(=O)N2CCC(O)C2)cc1)c1n[nH]c2ccccc12. The van der Waals surface area contributed by atoms with Crippen molar-refractivity contribution in [3.05, 3.63) is 59.8 Å². The third-order valence-corrected chi connectivity index (χ3v) is 4.75. The van der Waals surface area contributed by atoms with E-state index in [9.17, 15) is 9.90 Å². The molecule has 0 radical (unpaired) electrons. The molecule has 3 aromatic rings. The average Bonchev–Trinajstić information content (AvgIpc) is 3.35. The van der Waals surface area contributed by atoms with Crippen LogP contribution in [0, 0.1) is 0 Å². The van der Waals surface area contributed by atoms with E-state index in [1.54, 1.807) is 35.4 Å². The van der Waals surface area contributed by atoms with Crippen molar-refractivity contribution < 1.29 is 9.90 Å². The number of nitrogens with zero attached hydrogens (tertiary/aromatic N) is 4. The summed E-state index contributed by atoms with van der Waals surface area (Å²) < 4.78 is 0. The maximum absolute atomic E-state index is 12.4. The standard InChI is InChI=1S/C20H20N6O2/c21-23-18(19-16-3-1-2-4-17(16)24-25-19)11-22-14-7-5-13(6-8-14)20(28)26-10-9-15(27)12-26/h1-8,11,15,27H,9-10,12,21H2,(H,24,25). The van der Waals surface area contributed by atoms with E-state index >= 15 is 0 Å². The first kappa shape index (κ1) is 17.9. The summed E-state index contributed by atoms with van der Waals surface area (Å²) in [7, 11) is 0. The fourth-order valence-corrected chi connectivity index (χ4v) is 3.25. The molecule has 0 saturated carbocycles. The molecule has 2 heterocycles. The van der Waals surface area contributed by atoms with Crippen LogP contribution < -0.4 is 5.84 Å². The van der Waals surface area contributed by atoms with Gasteiger partial charge in [0.05, 0.1) is 23.5 Å². The zero-order chi connectivity index (χ0) is 19.5. The number of H-pyrrole nitrogens is 1. The molecule has 1 amide bonds. The minimum Gasteiger partial charge on any atom is -0.391 e. The van der Waals surface area contributed by atoms with E-state index in [0.717, 1.165) is 10.9 Å². The van der Waals surface area contributed by atoms with Gasteiger partial charge < -0.3 is 15.8 Å². The van der Waals surface area contributed by atoms with Crippen molar-refractivity contribution in [3.8, 4) is 0 Å². The first-order chi connectivity index (χ1) is 13.7. The quantitative estimate of drug-likeness (QED) is 0.365. The van der Waals surface area contributed by atoms with Gasteiger partial charge in [-0.3, -0.25) is 14.9 Å². The Morgan fingerprint density at radius 3 is 2.75 bits per heavy atom. The summed E-state index contributed by atoms with van der Waals surface area (Å²) in [5, 5.41) is 21.5. The highest BCUT2D eigenvalue weighted by Gasteiger charge is 2.25. The lowest BCUT2D eigenvalue weighted by molar-refractivity contribution is 0.0765. The van der Waals surface area contributed by atoms with Gasteiger partial charge in [-0.1, -0.05) is 18.2 Å². The molecule has 1 fully saturated rings. The van der Waals surface area contributed by atoms with Gasteiger partial charge in [0.2, 0.25) is 0 Å². The van der Waals surface area contributed by atoms with Gasteiger partial charge in [-0.2, -0.15) is 10.2 Å². The Morgan fingerprint density at radius 1 is 1.25 bits per heavy atom. The van der Waals surface area contributed by atoms with E-state index in [0.29, 0.717) is 42.2 Å². The molecular formula is C20H20N6O2. The van der Waals surface area contributed by atoms with Crippen LogP contribution in [0.25, 0.3) is 10.9 Å². The molecule has 1 aromatic heterocycles. The van der Waals surface area contributed by atoms with E-state index in [2.05, 4.69) is 20.3 Å². The van der Waals surface area contributed by atoms with Crippen LogP contribution in [0.5, 0.6) is 0 Å². The lowest BCUT2D eigenvalue weighted by Gasteiger charge is -2.15. The van der Waals surface area contributed by atoms with Crippen molar-refractivity contribution in [2.45, 2.75) is 12.5 Å². The van der Waals surface area contributed by atoms with E-state index in [1.165, 1.54) is 0 Å². The fourth-order valence-electron chi connectivity index (χ4n) is 3.25. The number of hydrazone groups is 1. The van der Waals surface area contributed by atoms with Crippen LogP contribution in [-0.4, -0.2) is 57.2 Å². The smallest absolute Gasteiger partial charge is 0.253 e. The average molecular weight is 376 g/mol. The number of hydrogen-bond acceptors (Lipinski definition) is 6. The molecule has 28 heavy (non-hydrogen) atoms.